The van der Waals surface area contributed by atoms with Crippen molar-refractivity contribution in [3.8, 4) is 11.3 Å². The largest absolute Gasteiger partial charge is 0.346 e. The fourth-order valence-electron chi connectivity index (χ4n) is 6.31. The Balaban J connectivity index is 1.12. The van der Waals surface area contributed by atoms with E-state index in [0.717, 1.165) is 79.6 Å². The first-order valence-electron chi connectivity index (χ1n) is 12.6. The van der Waals surface area contributed by atoms with Crippen molar-refractivity contribution in [2.45, 2.75) is 56.5 Å². The van der Waals surface area contributed by atoms with Crippen molar-refractivity contribution in [1.29, 1.82) is 0 Å². The summed E-state index contributed by atoms with van der Waals surface area (Å²) in [5.74, 6) is 0. The number of nitrogens with zero attached hydrogens (tertiary/aromatic N) is 5. The van der Waals surface area contributed by atoms with Crippen LogP contribution >= 0.6 is 0 Å². The maximum Gasteiger partial charge on any atom is 0.318 e. The topological polar surface area (TPSA) is 91.7 Å². The minimum absolute atomic E-state index is 0.0203. The van der Waals surface area contributed by atoms with Gasteiger partial charge in [-0.15, -0.1) is 0 Å². The van der Waals surface area contributed by atoms with Crippen LogP contribution in [-0.4, -0.2) is 48.8 Å². The first-order valence-corrected chi connectivity index (χ1v) is 12.6. The molecular formula is C27H29N7O. The van der Waals surface area contributed by atoms with Gasteiger partial charge in [-0.25, -0.2) is 9.78 Å². The number of hydrogen-bond acceptors (Lipinski definition) is 4. The van der Waals surface area contributed by atoms with Gasteiger partial charge in [-0.05, 0) is 74.4 Å². The van der Waals surface area contributed by atoms with Crippen LogP contribution in [-0.2, 0) is 17.5 Å². The highest BCUT2D eigenvalue weighted by Crippen LogP contribution is 2.45. The van der Waals surface area contributed by atoms with Crippen molar-refractivity contribution in [2.24, 2.45) is 0 Å². The van der Waals surface area contributed by atoms with E-state index in [9.17, 15) is 4.79 Å². The summed E-state index contributed by atoms with van der Waals surface area (Å²) in [5, 5.41) is 9.46. The zero-order chi connectivity index (χ0) is 23.6. The van der Waals surface area contributed by atoms with Crippen LogP contribution in [0.2, 0.25) is 0 Å². The zero-order valence-corrected chi connectivity index (χ0v) is 19.9. The van der Waals surface area contributed by atoms with Crippen LogP contribution < -0.4 is 5.32 Å². The second kappa shape index (κ2) is 7.41. The van der Waals surface area contributed by atoms with Gasteiger partial charge in [0, 0.05) is 66.5 Å². The van der Waals surface area contributed by atoms with Gasteiger partial charge in [0.2, 0.25) is 0 Å². The highest BCUT2D eigenvalue weighted by molar-refractivity contribution is 5.84. The number of nitrogens with one attached hydrogen (secondary N) is 2. The van der Waals surface area contributed by atoms with Crippen LogP contribution in [0.5, 0.6) is 0 Å². The van der Waals surface area contributed by atoms with E-state index >= 15 is 0 Å². The highest BCUT2D eigenvalue weighted by Gasteiger charge is 2.48. The molecule has 2 N–H and O–H groups in total. The monoisotopic (exact) mass is 467 g/mol. The minimum Gasteiger partial charge on any atom is -0.346 e. The Morgan fingerprint density at radius 1 is 1.11 bits per heavy atom. The number of urea groups is 1. The van der Waals surface area contributed by atoms with Gasteiger partial charge in [-0.2, -0.15) is 5.10 Å². The van der Waals surface area contributed by atoms with Crippen LogP contribution in [0.15, 0.2) is 49.1 Å². The molecule has 1 saturated carbocycles. The predicted octanol–water partition coefficient (Wildman–Crippen LogP) is 4.27. The van der Waals surface area contributed by atoms with Gasteiger partial charge in [0.1, 0.15) is 5.65 Å². The Hall–Kier alpha value is -3.68. The molecule has 2 aliphatic heterocycles. The van der Waals surface area contributed by atoms with E-state index in [0.29, 0.717) is 0 Å². The van der Waals surface area contributed by atoms with Gasteiger partial charge in [0.25, 0.3) is 0 Å². The number of rotatable bonds is 3. The number of pyridine rings is 2. The van der Waals surface area contributed by atoms with E-state index in [1.165, 1.54) is 11.3 Å². The molecule has 0 radical (unpaired) electrons. The summed E-state index contributed by atoms with van der Waals surface area (Å²) in [6.07, 6.45) is 12.6. The lowest BCUT2D eigenvalue weighted by Crippen LogP contribution is -2.54. The van der Waals surface area contributed by atoms with E-state index in [1.807, 2.05) is 41.8 Å². The quantitative estimate of drug-likeness (QED) is 0.471. The average molecular weight is 468 g/mol. The molecule has 1 spiro atoms. The molecule has 35 heavy (non-hydrogen) atoms. The van der Waals surface area contributed by atoms with E-state index in [2.05, 4.69) is 44.0 Å². The maximum atomic E-state index is 13.4. The standard InChI is InChI=1S/C27H29N7O/c1-18-15-29-24-21(18)13-19(16-30-24)22-14-23-26(8-12-34(23)32-22)7-11-33(17-26)25(35)31-27(5-2-6-27)20-3-9-28-10-4-20/h3-4,9-10,13-16H,2,5-8,11-12,17H2,1H3,(H,29,30)(H,31,35). The molecule has 2 amide bonds. The molecule has 4 aromatic rings. The third-order valence-corrected chi connectivity index (χ3v) is 8.59. The number of aryl methyl sites for hydroxylation is 2. The summed E-state index contributed by atoms with van der Waals surface area (Å²) in [7, 11) is 0. The van der Waals surface area contributed by atoms with Crippen LogP contribution in [0.1, 0.15) is 48.9 Å². The zero-order valence-electron chi connectivity index (χ0n) is 19.9. The normalized spacial score (nSPS) is 22.5. The van der Waals surface area contributed by atoms with E-state index in [1.54, 1.807) is 0 Å². The number of hydrogen-bond donors (Lipinski definition) is 2. The van der Waals surface area contributed by atoms with Crippen molar-refractivity contribution in [3.63, 3.8) is 0 Å². The van der Waals surface area contributed by atoms with Gasteiger partial charge in [-0.3, -0.25) is 9.67 Å². The molecule has 2 fully saturated rings. The molecule has 1 aliphatic carbocycles. The van der Waals surface area contributed by atoms with Crippen LogP contribution in [0.4, 0.5) is 4.79 Å². The number of carbonyl (C=O) groups excluding carboxylic acids is 1. The Bertz CT molecular complexity index is 1430. The highest BCUT2D eigenvalue weighted by atomic mass is 16.2. The number of aromatic nitrogens is 5. The lowest BCUT2D eigenvalue weighted by atomic mass is 9.72. The third-order valence-electron chi connectivity index (χ3n) is 8.59. The number of amides is 2. The summed E-state index contributed by atoms with van der Waals surface area (Å²) < 4.78 is 2.15. The SMILES string of the molecule is Cc1c[nH]c2ncc(-c3cc4n(n3)CCC43CCN(C(=O)NC4(c5ccncc5)CCC4)C3)cc12. The van der Waals surface area contributed by atoms with Crippen LogP contribution in [0.3, 0.4) is 0 Å². The Labute approximate surface area is 203 Å². The molecule has 178 valence electrons. The van der Waals surface area contributed by atoms with Gasteiger partial charge >= 0.3 is 6.03 Å². The summed E-state index contributed by atoms with van der Waals surface area (Å²) in [5.41, 5.74) is 6.23. The van der Waals surface area contributed by atoms with E-state index < -0.39 is 0 Å². The molecule has 3 aliphatic rings. The van der Waals surface area contributed by atoms with Crippen molar-refractivity contribution in [1.82, 2.24) is 34.9 Å². The first kappa shape index (κ1) is 20.7. The Kier molecular flexibility index (Phi) is 4.38. The number of likely N-dealkylation sites (tertiary alicyclic amines) is 1. The molecule has 7 rings (SSSR count). The van der Waals surface area contributed by atoms with Crippen molar-refractivity contribution >= 4 is 17.1 Å². The predicted molar refractivity (Wildman–Crippen MR) is 133 cm³/mol. The van der Waals surface area contributed by atoms with Crippen LogP contribution in [0, 0.1) is 6.92 Å². The number of fused-ring (bicyclic) bond motifs is 3. The number of carbonyl (C=O) groups is 1. The van der Waals surface area contributed by atoms with Gasteiger partial charge in [0.15, 0.2) is 0 Å². The van der Waals surface area contributed by atoms with E-state index in [-0.39, 0.29) is 17.0 Å². The van der Waals surface area contributed by atoms with Crippen molar-refractivity contribution in [2.75, 3.05) is 13.1 Å². The van der Waals surface area contributed by atoms with Gasteiger partial charge < -0.3 is 15.2 Å². The van der Waals surface area contributed by atoms with Gasteiger partial charge in [-0.1, -0.05) is 0 Å². The lowest BCUT2D eigenvalue weighted by molar-refractivity contribution is 0.154. The summed E-state index contributed by atoms with van der Waals surface area (Å²) in [6, 6.07) is 8.51. The summed E-state index contributed by atoms with van der Waals surface area (Å²) in [6.45, 7) is 4.50. The second-order valence-electron chi connectivity index (χ2n) is 10.5. The van der Waals surface area contributed by atoms with Gasteiger partial charge in [0.05, 0.1) is 11.2 Å². The molecule has 1 unspecified atom stereocenters. The average Bonchev–Trinajstić information content (AvgIpc) is 3.63. The summed E-state index contributed by atoms with van der Waals surface area (Å²) >= 11 is 0. The number of H-pyrrole nitrogens is 1. The fourth-order valence-corrected chi connectivity index (χ4v) is 6.31. The molecule has 8 heteroatoms. The molecule has 6 heterocycles. The fraction of sp³-hybridized carbons (Fsp3) is 0.407. The van der Waals surface area contributed by atoms with Crippen molar-refractivity contribution < 1.29 is 4.79 Å². The lowest BCUT2D eigenvalue weighted by Gasteiger charge is -2.43. The Morgan fingerprint density at radius 3 is 2.74 bits per heavy atom. The molecule has 0 aromatic carbocycles. The molecule has 0 bridgehead atoms. The molecular weight excluding hydrogens is 438 g/mol. The van der Waals surface area contributed by atoms with Crippen molar-refractivity contribution in [3.05, 3.63) is 65.9 Å². The van der Waals surface area contributed by atoms with E-state index in [4.69, 9.17) is 5.10 Å². The number of aromatic amines is 1. The summed E-state index contributed by atoms with van der Waals surface area (Å²) in [4.78, 5) is 27.4. The molecule has 8 nitrogen and oxygen atoms in total. The molecule has 4 aromatic heterocycles. The second-order valence-corrected chi connectivity index (χ2v) is 10.5. The smallest absolute Gasteiger partial charge is 0.318 e. The maximum absolute atomic E-state index is 13.4. The first-order chi connectivity index (χ1) is 17.1. The Morgan fingerprint density at radius 2 is 1.94 bits per heavy atom. The third kappa shape index (κ3) is 3.12. The molecule has 1 atom stereocenters. The van der Waals surface area contributed by atoms with Crippen LogP contribution in [0.25, 0.3) is 22.3 Å². The molecule has 1 saturated heterocycles. The minimum atomic E-state index is -0.248.